The Bertz CT molecular complexity index is 1300. The predicted octanol–water partition coefficient (Wildman–Crippen LogP) is 3.25. The molecular formula is C29H33N7O. The lowest BCUT2D eigenvalue weighted by molar-refractivity contribution is 0.0745. The largest absolute Gasteiger partial charge is 0.368 e. The van der Waals surface area contributed by atoms with Gasteiger partial charge >= 0.3 is 0 Å². The highest BCUT2D eigenvalue weighted by Crippen LogP contribution is 2.23. The van der Waals surface area contributed by atoms with Crippen molar-refractivity contribution >= 4 is 17.5 Å². The van der Waals surface area contributed by atoms with Gasteiger partial charge in [0.1, 0.15) is 6.07 Å². The summed E-state index contributed by atoms with van der Waals surface area (Å²) < 4.78 is 0. The molecule has 2 fully saturated rings. The second kappa shape index (κ2) is 11.0. The number of para-hydroxylation sites is 1. The van der Waals surface area contributed by atoms with Gasteiger partial charge in [0.05, 0.1) is 11.3 Å². The van der Waals surface area contributed by atoms with Gasteiger partial charge in [0.25, 0.3) is 5.91 Å². The van der Waals surface area contributed by atoms with E-state index in [1.54, 1.807) is 6.20 Å². The Hall–Kier alpha value is -3.96. The summed E-state index contributed by atoms with van der Waals surface area (Å²) in [6.07, 6.45) is 1.79. The van der Waals surface area contributed by atoms with Gasteiger partial charge in [-0.1, -0.05) is 24.3 Å². The average Bonchev–Trinajstić information content (AvgIpc) is 2.94. The quantitative estimate of drug-likeness (QED) is 0.538. The maximum Gasteiger partial charge on any atom is 0.254 e. The summed E-state index contributed by atoms with van der Waals surface area (Å²) in [5.41, 5.74) is 5.65. The Kier molecular flexibility index (Phi) is 7.33. The zero-order chi connectivity index (χ0) is 25.8. The fourth-order valence-electron chi connectivity index (χ4n) is 5.11. The molecule has 2 aliphatic rings. The van der Waals surface area contributed by atoms with E-state index in [9.17, 15) is 10.1 Å². The van der Waals surface area contributed by atoms with Crippen LogP contribution in [0.15, 0.2) is 54.7 Å². The highest BCUT2D eigenvalue weighted by Gasteiger charge is 2.25. The number of amides is 1. The lowest BCUT2D eigenvalue weighted by Gasteiger charge is -2.36. The first-order chi connectivity index (χ1) is 18.0. The van der Waals surface area contributed by atoms with E-state index in [4.69, 9.17) is 0 Å². The van der Waals surface area contributed by atoms with Crippen molar-refractivity contribution in [2.75, 3.05) is 62.2 Å². The van der Waals surface area contributed by atoms with E-state index in [-0.39, 0.29) is 5.91 Å². The van der Waals surface area contributed by atoms with Crippen LogP contribution < -0.4 is 9.80 Å². The van der Waals surface area contributed by atoms with Crippen LogP contribution in [0.3, 0.4) is 0 Å². The van der Waals surface area contributed by atoms with Crippen LogP contribution in [0.2, 0.25) is 0 Å². The summed E-state index contributed by atoms with van der Waals surface area (Å²) in [5.74, 6) is 0.837. The molecule has 190 valence electrons. The van der Waals surface area contributed by atoms with Gasteiger partial charge in [0, 0.05) is 76.4 Å². The van der Waals surface area contributed by atoms with Crippen molar-refractivity contribution in [2.24, 2.45) is 0 Å². The fourth-order valence-corrected chi connectivity index (χ4v) is 5.11. The highest BCUT2D eigenvalue weighted by atomic mass is 16.2. The molecule has 0 aliphatic carbocycles. The molecule has 0 bridgehead atoms. The van der Waals surface area contributed by atoms with E-state index < -0.39 is 0 Å². The number of rotatable bonds is 5. The molecule has 0 atom stereocenters. The molecule has 5 rings (SSSR count). The maximum absolute atomic E-state index is 13.5. The second-order valence-corrected chi connectivity index (χ2v) is 9.82. The first-order valence-electron chi connectivity index (χ1n) is 12.9. The molecule has 37 heavy (non-hydrogen) atoms. The van der Waals surface area contributed by atoms with Gasteiger partial charge in [-0.15, -0.1) is 0 Å². The van der Waals surface area contributed by atoms with Gasteiger partial charge in [-0.05, 0) is 49.2 Å². The number of aryl methyl sites for hydroxylation is 2. The number of hydrogen-bond donors (Lipinski definition) is 0. The van der Waals surface area contributed by atoms with Crippen LogP contribution in [-0.4, -0.2) is 78.0 Å². The fraction of sp³-hybridized carbons (Fsp3) is 0.379. The molecule has 3 heterocycles. The number of aromatic nitrogens is 2. The van der Waals surface area contributed by atoms with Crippen molar-refractivity contribution in [1.82, 2.24) is 19.8 Å². The zero-order valence-electron chi connectivity index (χ0n) is 21.6. The Morgan fingerprint density at radius 3 is 2.38 bits per heavy atom. The van der Waals surface area contributed by atoms with Crippen molar-refractivity contribution < 1.29 is 4.79 Å². The maximum atomic E-state index is 13.5. The summed E-state index contributed by atoms with van der Waals surface area (Å²) in [6, 6.07) is 18.3. The van der Waals surface area contributed by atoms with Crippen LogP contribution in [-0.2, 0) is 6.54 Å². The standard InChI is InChI=1S/C29H33N7O/c1-22-7-8-24(21-33-11-13-34(14-12-33)27-6-4-3-5-25(27)20-30)19-26(22)28(37)35-15-17-36(18-16-35)29-31-10-9-23(2)32-29/h3-10,19H,11-18,21H2,1-2H3. The van der Waals surface area contributed by atoms with Crippen LogP contribution in [0.1, 0.15) is 32.7 Å². The number of nitriles is 1. The monoisotopic (exact) mass is 495 g/mol. The summed E-state index contributed by atoms with van der Waals surface area (Å²) in [5, 5.41) is 9.43. The number of anilines is 2. The number of hydrogen-bond acceptors (Lipinski definition) is 7. The second-order valence-electron chi connectivity index (χ2n) is 9.82. The van der Waals surface area contributed by atoms with Crippen molar-refractivity contribution in [3.63, 3.8) is 0 Å². The average molecular weight is 496 g/mol. The molecule has 0 radical (unpaired) electrons. The molecule has 0 saturated carbocycles. The summed E-state index contributed by atoms with van der Waals surface area (Å²) in [4.78, 5) is 31.2. The van der Waals surface area contributed by atoms with Gasteiger partial charge in [-0.2, -0.15) is 5.26 Å². The minimum Gasteiger partial charge on any atom is -0.368 e. The molecule has 2 saturated heterocycles. The van der Waals surface area contributed by atoms with E-state index in [1.807, 2.05) is 49.1 Å². The third-order valence-electron chi connectivity index (χ3n) is 7.31. The Morgan fingerprint density at radius 2 is 1.65 bits per heavy atom. The highest BCUT2D eigenvalue weighted by molar-refractivity contribution is 5.96. The van der Waals surface area contributed by atoms with Crippen molar-refractivity contribution in [3.8, 4) is 6.07 Å². The predicted molar refractivity (Wildman–Crippen MR) is 145 cm³/mol. The van der Waals surface area contributed by atoms with Crippen LogP contribution in [0, 0.1) is 25.2 Å². The van der Waals surface area contributed by atoms with Crippen LogP contribution >= 0.6 is 0 Å². The lowest BCUT2D eigenvalue weighted by Crippen LogP contribution is -2.49. The molecule has 8 heteroatoms. The molecule has 1 amide bonds. The zero-order valence-corrected chi connectivity index (χ0v) is 21.6. The molecule has 0 N–H and O–H groups in total. The number of benzene rings is 2. The van der Waals surface area contributed by atoms with Crippen molar-refractivity contribution in [1.29, 1.82) is 5.26 Å². The number of piperazine rings is 2. The molecule has 3 aromatic rings. The van der Waals surface area contributed by atoms with Crippen molar-refractivity contribution in [2.45, 2.75) is 20.4 Å². The van der Waals surface area contributed by atoms with Crippen LogP contribution in [0.25, 0.3) is 0 Å². The van der Waals surface area contributed by atoms with Gasteiger partial charge < -0.3 is 14.7 Å². The third-order valence-corrected chi connectivity index (χ3v) is 7.31. The number of carbonyl (C=O) groups excluding carboxylic acids is 1. The first-order valence-corrected chi connectivity index (χ1v) is 12.9. The van der Waals surface area contributed by atoms with E-state index in [1.165, 1.54) is 0 Å². The molecule has 0 unspecified atom stereocenters. The summed E-state index contributed by atoms with van der Waals surface area (Å²) in [7, 11) is 0. The van der Waals surface area contributed by atoms with Gasteiger partial charge in [0.2, 0.25) is 5.95 Å². The lowest BCUT2D eigenvalue weighted by atomic mass is 10.0. The normalized spacial score (nSPS) is 16.5. The Balaban J connectivity index is 1.19. The van der Waals surface area contributed by atoms with Crippen LogP contribution in [0.5, 0.6) is 0 Å². The molecule has 8 nitrogen and oxygen atoms in total. The smallest absolute Gasteiger partial charge is 0.254 e. The third kappa shape index (κ3) is 5.57. The minimum atomic E-state index is 0.0992. The molecule has 1 aromatic heterocycles. The van der Waals surface area contributed by atoms with E-state index in [0.29, 0.717) is 13.1 Å². The van der Waals surface area contributed by atoms with E-state index >= 15 is 0 Å². The van der Waals surface area contributed by atoms with E-state index in [0.717, 1.165) is 85.4 Å². The molecule has 2 aromatic carbocycles. The Morgan fingerprint density at radius 1 is 0.919 bits per heavy atom. The Labute approximate surface area is 218 Å². The number of carbonyl (C=O) groups is 1. The minimum absolute atomic E-state index is 0.0992. The number of nitrogens with zero attached hydrogens (tertiary/aromatic N) is 7. The molecule has 2 aliphatic heterocycles. The van der Waals surface area contributed by atoms with Gasteiger partial charge in [-0.25, -0.2) is 9.97 Å². The summed E-state index contributed by atoms with van der Waals surface area (Å²) in [6.45, 7) is 11.2. The molecule has 0 spiro atoms. The first kappa shape index (κ1) is 24.7. The van der Waals surface area contributed by atoms with E-state index in [2.05, 4.69) is 48.9 Å². The topological polar surface area (TPSA) is 79.6 Å². The SMILES string of the molecule is Cc1ccnc(N2CCN(C(=O)c3cc(CN4CCN(c5ccccc5C#N)CC4)ccc3C)CC2)n1. The van der Waals surface area contributed by atoms with Crippen LogP contribution in [0.4, 0.5) is 11.6 Å². The summed E-state index contributed by atoms with van der Waals surface area (Å²) >= 11 is 0. The van der Waals surface area contributed by atoms with Crippen molar-refractivity contribution in [3.05, 3.63) is 82.7 Å². The van der Waals surface area contributed by atoms with Gasteiger partial charge in [-0.3, -0.25) is 9.69 Å². The van der Waals surface area contributed by atoms with Gasteiger partial charge in [0.15, 0.2) is 0 Å². The molecular weight excluding hydrogens is 462 g/mol.